The summed E-state index contributed by atoms with van der Waals surface area (Å²) in [6.07, 6.45) is 0.481. The molecule has 1 aliphatic rings. The number of carbonyl (C=O) groups is 2. The molecule has 0 radical (unpaired) electrons. The summed E-state index contributed by atoms with van der Waals surface area (Å²) in [5.74, 6) is 0.0409. The van der Waals surface area contributed by atoms with Crippen molar-refractivity contribution in [1.82, 2.24) is 4.90 Å². The van der Waals surface area contributed by atoms with Crippen LogP contribution >= 0.6 is 27.3 Å². The van der Waals surface area contributed by atoms with Gasteiger partial charge in [-0.3, -0.25) is 14.5 Å². The fourth-order valence-electron chi connectivity index (χ4n) is 1.65. The van der Waals surface area contributed by atoms with Gasteiger partial charge in [0.1, 0.15) is 4.88 Å². The van der Waals surface area contributed by atoms with E-state index >= 15 is 0 Å². The van der Waals surface area contributed by atoms with E-state index < -0.39 is 0 Å². The third kappa shape index (κ3) is 1.99. The normalized spacial score (nSPS) is 21.1. The van der Waals surface area contributed by atoms with Gasteiger partial charge in [0.15, 0.2) is 0 Å². The maximum Gasteiger partial charge on any atom is 0.271 e. The highest BCUT2D eigenvalue weighted by Gasteiger charge is 2.33. The van der Waals surface area contributed by atoms with Crippen molar-refractivity contribution < 1.29 is 9.59 Å². The number of rotatable bonds is 1. The highest BCUT2D eigenvalue weighted by atomic mass is 79.9. The fourth-order valence-corrected chi connectivity index (χ4v) is 3.14. The second-order valence-corrected chi connectivity index (χ2v) is 5.49. The number of imide groups is 1. The number of halogens is 1. The van der Waals surface area contributed by atoms with Crippen LogP contribution in [0.2, 0.25) is 0 Å². The highest BCUT2D eigenvalue weighted by molar-refractivity contribution is 9.10. The van der Waals surface area contributed by atoms with Crippen molar-refractivity contribution in [2.45, 2.75) is 13.3 Å². The third-order valence-corrected chi connectivity index (χ3v) is 4.20. The zero-order valence-corrected chi connectivity index (χ0v) is 10.6. The Bertz CT molecular complexity index is 415. The molecule has 15 heavy (non-hydrogen) atoms. The molecule has 80 valence electrons. The van der Waals surface area contributed by atoms with E-state index in [2.05, 4.69) is 15.9 Å². The monoisotopic (exact) mass is 287 g/mol. The minimum absolute atomic E-state index is 0.0622. The largest absolute Gasteiger partial charge is 0.277 e. The Morgan fingerprint density at radius 1 is 1.67 bits per heavy atom. The van der Waals surface area contributed by atoms with Crippen LogP contribution in [0, 0.1) is 5.92 Å². The van der Waals surface area contributed by atoms with Crippen LogP contribution in [0.15, 0.2) is 15.9 Å². The Morgan fingerprint density at radius 2 is 2.40 bits per heavy atom. The first-order chi connectivity index (χ1) is 7.09. The summed E-state index contributed by atoms with van der Waals surface area (Å²) in [4.78, 5) is 25.5. The maximum atomic E-state index is 12.0. The molecule has 1 fully saturated rings. The number of amides is 2. The van der Waals surface area contributed by atoms with Crippen molar-refractivity contribution in [3.8, 4) is 0 Å². The molecule has 1 aliphatic heterocycles. The predicted octanol–water partition coefficient (Wildman–Crippen LogP) is 2.52. The van der Waals surface area contributed by atoms with Crippen LogP contribution < -0.4 is 0 Å². The molecule has 0 aromatic carbocycles. The zero-order valence-electron chi connectivity index (χ0n) is 8.20. The molecule has 0 N–H and O–H groups in total. The van der Waals surface area contributed by atoms with Crippen molar-refractivity contribution in [3.05, 3.63) is 20.8 Å². The van der Waals surface area contributed by atoms with Gasteiger partial charge >= 0.3 is 0 Å². The highest BCUT2D eigenvalue weighted by Crippen LogP contribution is 2.27. The summed E-state index contributed by atoms with van der Waals surface area (Å²) in [7, 11) is 0. The van der Waals surface area contributed by atoms with Gasteiger partial charge in [-0.1, -0.05) is 6.92 Å². The fraction of sp³-hybridized carbons (Fsp3) is 0.400. The van der Waals surface area contributed by atoms with E-state index in [1.807, 2.05) is 18.4 Å². The second-order valence-electron chi connectivity index (χ2n) is 3.72. The molecule has 1 aromatic heterocycles. The van der Waals surface area contributed by atoms with E-state index in [-0.39, 0.29) is 17.7 Å². The minimum Gasteiger partial charge on any atom is -0.277 e. The van der Waals surface area contributed by atoms with Gasteiger partial charge in [0, 0.05) is 17.4 Å². The van der Waals surface area contributed by atoms with Crippen molar-refractivity contribution in [3.63, 3.8) is 0 Å². The molecule has 1 unspecified atom stereocenters. The van der Waals surface area contributed by atoms with E-state index in [0.717, 1.165) is 4.47 Å². The number of hydrogen-bond acceptors (Lipinski definition) is 3. The third-order valence-electron chi connectivity index (χ3n) is 2.37. The molecule has 2 rings (SSSR count). The lowest BCUT2D eigenvalue weighted by Crippen LogP contribution is -2.31. The van der Waals surface area contributed by atoms with Gasteiger partial charge in [-0.05, 0) is 33.3 Å². The molecule has 1 atom stereocenters. The first kappa shape index (κ1) is 10.8. The summed E-state index contributed by atoms with van der Waals surface area (Å²) in [5, 5.41) is 1.83. The van der Waals surface area contributed by atoms with E-state index in [9.17, 15) is 9.59 Å². The van der Waals surface area contributed by atoms with Crippen molar-refractivity contribution in [2.75, 3.05) is 6.54 Å². The van der Waals surface area contributed by atoms with Crippen LogP contribution in [0.1, 0.15) is 23.0 Å². The molecule has 0 bridgehead atoms. The zero-order chi connectivity index (χ0) is 11.0. The van der Waals surface area contributed by atoms with Crippen LogP contribution in [0.5, 0.6) is 0 Å². The Hall–Kier alpha value is -0.680. The summed E-state index contributed by atoms with van der Waals surface area (Å²) < 4.78 is 0.768. The van der Waals surface area contributed by atoms with Gasteiger partial charge in [0.25, 0.3) is 5.91 Å². The molecule has 5 heteroatoms. The summed E-state index contributed by atoms with van der Waals surface area (Å²) >= 11 is 4.66. The van der Waals surface area contributed by atoms with Crippen LogP contribution in [0.3, 0.4) is 0 Å². The van der Waals surface area contributed by atoms with Crippen LogP contribution in [-0.4, -0.2) is 23.3 Å². The quantitative estimate of drug-likeness (QED) is 0.745. The average molecular weight is 288 g/mol. The van der Waals surface area contributed by atoms with Crippen LogP contribution in [0.25, 0.3) is 0 Å². The maximum absolute atomic E-state index is 12.0. The Morgan fingerprint density at radius 3 is 2.87 bits per heavy atom. The summed E-state index contributed by atoms with van der Waals surface area (Å²) in [6, 6.07) is 1.82. The molecular formula is C10H10BrNO2S. The van der Waals surface area contributed by atoms with Gasteiger partial charge in [-0.25, -0.2) is 0 Å². The molecule has 0 spiro atoms. The number of likely N-dealkylation sites (tertiary alicyclic amines) is 1. The molecule has 1 aromatic rings. The van der Waals surface area contributed by atoms with Gasteiger partial charge in [-0.2, -0.15) is 0 Å². The SMILES string of the molecule is CC1CC(=O)N(C(=O)c2sccc2Br)C1. The first-order valence-electron chi connectivity index (χ1n) is 4.67. The van der Waals surface area contributed by atoms with E-state index in [1.165, 1.54) is 16.2 Å². The smallest absolute Gasteiger partial charge is 0.271 e. The Labute approximate surface area is 100 Å². The van der Waals surface area contributed by atoms with Crippen LogP contribution in [0.4, 0.5) is 0 Å². The molecule has 1 saturated heterocycles. The molecular weight excluding hydrogens is 278 g/mol. The summed E-state index contributed by atoms with van der Waals surface area (Å²) in [6.45, 7) is 2.52. The number of hydrogen-bond donors (Lipinski definition) is 0. The first-order valence-corrected chi connectivity index (χ1v) is 6.34. The second kappa shape index (κ2) is 4.06. The Balaban J connectivity index is 2.22. The van der Waals surface area contributed by atoms with Gasteiger partial charge in [-0.15, -0.1) is 11.3 Å². The lowest BCUT2D eigenvalue weighted by atomic mass is 10.2. The number of thiophene rings is 1. The van der Waals surface area contributed by atoms with Crippen molar-refractivity contribution >= 4 is 39.1 Å². The van der Waals surface area contributed by atoms with E-state index in [4.69, 9.17) is 0 Å². The van der Waals surface area contributed by atoms with E-state index in [1.54, 1.807) is 0 Å². The lowest BCUT2D eigenvalue weighted by molar-refractivity contribution is -0.125. The van der Waals surface area contributed by atoms with Gasteiger partial charge in [0.05, 0.1) is 0 Å². The topological polar surface area (TPSA) is 37.4 Å². The van der Waals surface area contributed by atoms with Gasteiger partial charge in [0.2, 0.25) is 5.91 Å². The molecule has 3 nitrogen and oxygen atoms in total. The minimum atomic E-state index is -0.175. The van der Waals surface area contributed by atoms with Crippen molar-refractivity contribution in [1.29, 1.82) is 0 Å². The average Bonchev–Trinajstić information content (AvgIpc) is 2.71. The Kier molecular flexibility index (Phi) is 2.93. The van der Waals surface area contributed by atoms with Gasteiger partial charge < -0.3 is 0 Å². The number of nitrogens with zero attached hydrogens (tertiary/aromatic N) is 1. The lowest BCUT2D eigenvalue weighted by Gasteiger charge is -2.12. The molecule has 2 amide bonds. The van der Waals surface area contributed by atoms with Crippen molar-refractivity contribution in [2.24, 2.45) is 5.92 Å². The molecule has 2 heterocycles. The molecule has 0 aliphatic carbocycles. The van der Waals surface area contributed by atoms with E-state index in [0.29, 0.717) is 17.8 Å². The standard InChI is InChI=1S/C10H10BrNO2S/c1-6-4-8(13)12(5-6)10(14)9-7(11)2-3-15-9/h2-3,6H,4-5H2,1H3. The van der Waals surface area contributed by atoms with Crippen LogP contribution in [-0.2, 0) is 4.79 Å². The number of carbonyl (C=O) groups excluding carboxylic acids is 2. The molecule has 0 saturated carbocycles. The summed E-state index contributed by atoms with van der Waals surface area (Å²) in [5.41, 5.74) is 0. The predicted molar refractivity (Wildman–Crippen MR) is 61.8 cm³/mol.